The molecular formula is C31H41N3O13. The second-order valence-electron chi connectivity index (χ2n) is 10.3. The first-order valence-electron chi connectivity index (χ1n) is 14.9. The number of carbonyl (C=O) groups is 4. The van der Waals surface area contributed by atoms with Crippen LogP contribution >= 0.6 is 0 Å². The standard InChI is InChI=1S/C31H41N3O13/c1-32-6-8-42-10-11-43-9-7-33-29(38)24-13-21(3-5-26(24)46-28-15-23(37)14-27(47-28)30(39)40)17-45-31(41)34-25-4-2-20(16-35)12-22(25)18-44-19-36/h2-5,12-13,19,23,27-28,32,35,37H,6-11,14-18H2,1H3,(H,33,38)(H,34,41)(H,39,40). The molecule has 3 rings (SSSR count). The largest absolute Gasteiger partial charge is 0.479 e. The Hall–Kier alpha value is -4.32. The number of likely N-dealkylation sites (N-methyl/N-ethyl adjacent to an activating group) is 1. The monoisotopic (exact) mass is 663 g/mol. The highest BCUT2D eigenvalue weighted by Gasteiger charge is 2.34. The van der Waals surface area contributed by atoms with Crippen LogP contribution in [0, 0.1) is 0 Å². The third kappa shape index (κ3) is 12.8. The summed E-state index contributed by atoms with van der Waals surface area (Å²) in [6.07, 6.45) is -4.35. The normalized spacial score (nSPS) is 17.4. The first-order chi connectivity index (χ1) is 22.7. The number of nitrogens with one attached hydrogen (secondary N) is 3. The van der Waals surface area contributed by atoms with Gasteiger partial charge in [-0.3, -0.25) is 14.9 Å². The quantitative estimate of drug-likeness (QED) is 0.0857. The van der Waals surface area contributed by atoms with Crippen molar-refractivity contribution < 1.29 is 62.9 Å². The molecule has 6 N–H and O–H groups in total. The van der Waals surface area contributed by atoms with Crippen LogP contribution in [-0.4, -0.2) is 105 Å². The minimum absolute atomic E-state index is 0.0146. The Balaban J connectivity index is 1.66. The number of amides is 2. The van der Waals surface area contributed by atoms with Gasteiger partial charge in [-0.1, -0.05) is 12.1 Å². The molecule has 258 valence electrons. The minimum atomic E-state index is -1.28. The lowest BCUT2D eigenvalue weighted by molar-refractivity contribution is -0.195. The number of aliphatic carboxylic acids is 1. The maximum absolute atomic E-state index is 13.2. The Kier molecular flexibility index (Phi) is 15.8. The number of carboxylic acids is 1. The van der Waals surface area contributed by atoms with Gasteiger partial charge in [0.1, 0.15) is 19.0 Å². The smallest absolute Gasteiger partial charge is 0.411 e. The summed E-state index contributed by atoms with van der Waals surface area (Å²) in [5, 5.41) is 37.1. The van der Waals surface area contributed by atoms with Crippen molar-refractivity contribution in [1.29, 1.82) is 0 Å². The van der Waals surface area contributed by atoms with Crippen LogP contribution in [0.5, 0.6) is 5.75 Å². The van der Waals surface area contributed by atoms with Crippen LogP contribution in [0.3, 0.4) is 0 Å². The molecule has 0 aromatic heterocycles. The molecule has 3 unspecified atom stereocenters. The second-order valence-corrected chi connectivity index (χ2v) is 10.3. The number of hydrogen-bond acceptors (Lipinski definition) is 13. The van der Waals surface area contributed by atoms with Gasteiger partial charge in [-0.25, -0.2) is 9.59 Å². The lowest BCUT2D eigenvalue weighted by Gasteiger charge is -2.31. The van der Waals surface area contributed by atoms with Gasteiger partial charge in [0, 0.05) is 31.5 Å². The fraction of sp³-hybridized carbons (Fsp3) is 0.484. The van der Waals surface area contributed by atoms with E-state index >= 15 is 0 Å². The number of benzene rings is 2. The predicted molar refractivity (Wildman–Crippen MR) is 164 cm³/mol. The lowest BCUT2D eigenvalue weighted by atomic mass is 10.0. The summed E-state index contributed by atoms with van der Waals surface area (Å²) in [6, 6.07) is 9.13. The van der Waals surface area contributed by atoms with Gasteiger partial charge < -0.3 is 54.4 Å². The fourth-order valence-electron chi connectivity index (χ4n) is 4.42. The van der Waals surface area contributed by atoms with Crippen molar-refractivity contribution in [2.75, 3.05) is 51.9 Å². The zero-order valence-corrected chi connectivity index (χ0v) is 26.0. The summed E-state index contributed by atoms with van der Waals surface area (Å²) in [6.45, 7) is 1.98. The van der Waals surface area contributed by atoms with Gasteiger partial charge >= 0.3 is 12.1 Å². The Bertz CT molecular complexity index is 1330. The van der Waals surface area contributed by atoms with Crippen LogP contribution in [-0.2, 0) is 53.1 Å². The predicted octanol–water partition coefficient (Wildman–Crippen LogP) is 0.912. The molecule has 2 amide bonds. The van der Waals surface area contributed by atoms with Crippen LogP contribution in [0.2, 0.25) is 0 Å². The Morgan fingerprint density at radius 2 is 1.72 bits per heavy atom. The summed E-state index contributed by atoms with van der Waals surface area (Å²) < 4.78 is 32.3. The van der Waals surface area contributed by atoms with E-state index in [1.165, 1.54) is 18.2 Å². The van der Waals surface area contributed by atoms with Crippen molar-refractivity contribution in [3.8, 4) is 5.75 Å². The van der Waals surface area contributed by atoms with Gasteiger partial charge in [0.25, 0.3) is 12.4 Å². The van der Waals surface area contributed by atoms with Gasteiger partial charge in [-0.2, -0.15) is 0 Å². The van der Waals surface area contributed by atoms with Crippen LogP contribution < -0.4 is 20.7 Å². The molecule has 2 aromatic rings. The van der Waals surface area contributed by atoms with E-state index in [0.29, 0.717) is 42.2 Å². The van der Waals surface area contributed by atoms with Crippen LogP contribution in [0.4, 0.5) is 10.5 Å². The average Bonchev–Trinajstić information content (AvgIpc) is 3.06. The summed E-state index contributed by atoms with van der Waals surface area (Å²) in [7, 11) is 1.82. The first kappa shape index (κ1) is 37.1. The third-order valence-corrected chi connectivity index (χ3v) is 6.76. The summed E-state index contributed by atoms with van der Waals surface area (Å²) in [5.74, 6) is -1.74. The van der Waals surface area contributed by atoms with Crippen molar-refractivity contribution in [3.05, 3.63) is 58.7 Å². The third-order valence-electron chi connectivity index (χ3n) is 6.76. The molecule has 2 aromatic carbocycles. The summed E-state index contributed by atoms with van der Waals surface area (Å²) in [5.41, 5.74) is 1.76. The van der Waals surface area contributed by atoms with Gasteiger partial charge in [0.2, 0.25) is 6.29 Å². The summed E-state index contributed by atoms with van der Waals surface area (Å²) >= 11 is 0. The van der Waals surface area contributed by atoms with Crippen molar-refractivity contribution >= 4 is 30.1 Å². The van der Waals surface area contributed by atoms with Crippen LogP contribution in [0.15, 0.2) is 36.4 Å². The van der Waals surface area contributed by atoms with Gasteiger partial charge in [-0.05, 0) is 42.4 Å². The number of hydrogen-bond donors (Lipinski definition) is 6. The topological polar surface area (TPSA) is 220 Å². The van der Waals surface area contributed by atoms with E-state index in [-0.39, 0.29) is 63.6 Å². The van der Waals surface area contributed by atoms with Gasteiger partial charge in [0.15, 0.2) is 6.10 Å². The molecule has 1 saturated heterocycles. The molecule has 47 heavy (non-hydrogen) atoms. The molecule has 3 atom stereocenters. The molecule has 16 heteroatoms. The molecule has 1 heterocycles. The Labute approximate surface area is 271 Å². The highest BCUT2D eigenvalue weighted by Crippen LogP contribution is 2.27. The molecule has 0 bridgehead atoms. The number of aliphatic hydroxyl groups excluding tert-OH is 2. The van der Waals surface area contributed by atoms with E-state index in [9.17, 15) is 34.5 Å². The highest BCUT2D eigenvalue weighted by atomic mass is 16.7. The minimum Gasteiger partial charge on any atom is -0.479 e. The lowest BCUT2D eigenvalue weighted by Crippen LogP contribution is -2.42. The maximum Gasteiger partial charge on any atom is 0.411 e. The number of anilines is 1. The van der Waals surface area contributed by atoms with E-state index < -0.39 is 36.5 Å². The number of ether oxygens (including phenoxy) is 6. The number of rotatable bonds is 20. The second kappa shape index (κ2) is 20.0. The molecule has 0 radical (unpaired) electrons. The molecule has 0 aliphatic carbocycles. The van der Waals surface area contributed by atoms with E-state index in [0.717, 1.165) is 6.54 Å². The van der Waals surface area contributed by atoms with E-state index in [1.54, 1.807) is 18.2 Å². The Morgan fingerprint density at radius 3 is 2.43 bits per heavy atom. The van der Waals surface area contributed by atoms with E-state index in [1.807, 2.05) is 7.05 Å². The molecule has 16 nitrogen and oxygen atoms in total. The molecular weight excluding hydrogens is 622 g/mol. The number of carboxylic acid groups (broad SMARTS) is 1. The highest BCUT2D eigenvalue weighted by molar-refractivity contribution is 5.97. The maximum atomic E-state index is 13.2. The fourth-order valence-corrected chi connectivity index (χ4v) is 4.42. The SMILES string of the molecule is CNCCOCCOCCNC(=O)c1cc(COC(=O)Nc2ccc(CO)cc2COC=O)ccc1OC1CC(O)CC(C(=O)O)O1. The van der Waals surface area contributed by atoms with Crippen molar-refractivity contribution in [2.24, 2.45) is 0 Å². The molecule has 1 fully saturated rings. The number of aliphatic hydroxyl groups is 2. The zero-order chi connectivity index (χ0) is 34.0. The van der Waals surface area contributed by atoms with E-state index in [2.05, 4.69) is 16.0 Å². The zero-order valence-electron chi connectivity index (χ0n) is 26.0. The molecule has 1 aliphatic heterocycles. The Morgan fingerprint density at radius 1 is 0.979 bits per heavy atom. The van der Waals surface area contributed by atoms with Gasteiger partial charge in [0.05, 0.1) is 50.4 Å². The van der Waals surface area contributed by atoms with Crippen LogP contribution in [0.25, 0.3) is 0 Å². The molecule has 0 saturated carbocycles. The average molecular weight is 664 g/mol. The van der Waals surface area contributed by atoms with E-state index in [4.69, 9.17) is 28.4 Å². The van der Waals surface area contributed by atoms with Crippen molar-refractivity contribution in [1.82, 2.24) is 10.6 Å². The van der Waals surface area contributed by atoms with Gasteiger partial charge in [-0.15, -0.1) is 0 Å². The van der Waals surface area contributed by atoms with Crippen molar-refractivity contribution in [2.45, 2.75) is 51.2 Å². The number of carbonyl (C=O) groups excluding carboxylic acids is 3. The first-order valence-corrected chi connectivity index (χ1v) is 14.9. The van der Waals surface area contributed by atoms with Crippen molar-refractivity contribution in [3.63, 3.8) is 0 Å². The molecule has 1 aliphatic rings. The summed E-state index contributed by atoms with van der Waals surface area (Å²) in [4.78, 5) is 48.0. The van der Waals surface area contributed by atoms with Crippen LogP contribution in [0.1, 0.15) is 39.9 Å². The molecule has 0 spiro atoms.